The average Bonchev–Trinajstić information content (AvgIpc) is 3.67. The standard InChI is InChI=1S/C23H33N9O6S/c1-11-17-16(12(2)27-15(34)7-31-10-26-28-29-31)21(36)32(17)18(22(37)38)19(11)39-13-5-14(25-6-13)20(35)30-4-3-23(24,8-30)9-33/h10-14,16-17,25,33H,3-9,24H2,1-2H3,(H,27,34)(H,37,38)/t11-,12-,13+,14+,16-,17-,23?/m1/s1. The normalized spacial score (nSPS) is 32.8. The molecule has 1 aromatic rings. The third-order valence-corrected chi connectivity index (χ3v) is 9.62. The fourth-order valence-electron chi connectivity index (χ4n) is 6.08. The summed E-state index contributed by atoms with van der Waals surface area (Å²) in [5, 5.41) is 36.2. The molecule has 0 radical (unpaired) electrons. The second-order valence-corrected chi connectivity index (χ2v) is 12.2. The summed E-state index contributed by atoms with van der Waals surface area (Å²) in [6, 6.07) is -1.33. The predicted octanol–water partition coefficient (Wildman–Crippen LogP) is -2.66. The Kier molecular flexibility index (Phi) is 7.39. The van der Waals surface area contributed by atoms with Crippen molar-refractivity contribution in [2.45, 2.75) is 62.1 Å². The second-order valence-electron chi connectivity index (χ2n) is 10.9. The molecule has 0 aliphatic carbocycles. The number of hydrogen-bond donors (Lipinski definition) is 5. The molecule has 3 fully saturated rings. The van der Waals surface area contributed by atoms with Gasteiger partial charge in [-0.3, -0.25) is 14.4 Å². The number of carboxylic acid groups (broad SMARTS) is 1. The monoisotopic (exact) mass is 563 g/mol. The van der Waals surface area contributed by atoms with Gasteiger partial charge in [-0.15, -0.1) is 16.9 Å². The van der Waals surface area contributed by atoms with Gasteiger partial charge in [0.05, 0.1) is 30.1 Å². The largest absolute Gasteiger partial charge is 0.477 e. The van der Waals surface area contributed by atoms with Crippen molar-refractivity contribution in [2.75, 3.05) is 26.2 Å². The maximum atomic E-state index is 13.1. The highest BCUT2D eigenvalue weighted by molar-refractivity contribution is 8.03. The quantitative estimate of drug-likeness (QED) is 0.195. The first kappa shape index (κ1) is 27.5. The number of aliphatic hydroxyl groups is 1. The predicted molar refractivity (Wildman–Crippen MR) is 136 cm³/mol. The van der Waals surface area contributed by atoms with Crippen LogP contribution in [-0.4, -0.2) is 119 Å². The SMILES string of the molecule is C[C@@H](NC(=O)Cn1cnnn1)[C@H]1C(=O)N2C(C(=O)O)=C(S[C@@H]3CN[C@H](C(=O)N4CCC(N)(CO)C4)C3)[C@H](C)[C@H]12. The minimum atomic E-state index is -1.17. The molecule has 15 nitrogen and oxygen atoms in total. The Morgan fingerprint density at radius 2 is 2.15 bits per heavy atom. The van der Waals surface area contributed by atoms with E-state index >= 15 is 0 Å². The van der Waals surface area contributed by atoms with Crippen LogP contribution in [0.15, 0.2) is 16.9 Å². The molecule has 4 aliphatic heterocycles. The molecule has 5 heterocycles. The lowest BCUT2D eigenvalue weighted by atomic mass is 9.78. The van der Waals surface area contributed by atoms with Crippen LogP contribution in [0.5, 0.6) is 0 Å². The summed E-state index contributed by atoms with van der Waals surface area (Å²) >= 11 is 1.40. The fraction of sp³-hybridized carbons (Fsp3) is 0.696. The van der Waals surface area contributed by atoms with E-state index < -0.39 is 29.5 Å². The summed E-state index contributed by atoms with van der Waals surface area (Å²) in [6.07, 6.45) is 2.36. The summed E-state index contributed by atoms with van der Waals surface area (Å²) in [5.41, 5.74) is 5.33. The number of aliphatic hydroxyl groups excluding tert-OH is 1. The number of nitrogens with zero attached hydrogens (tertiary/aromatic N) is 6. The number of tetrazole rings is 1. The summed E-state index contributed by atoms with van der Waals surface area (Å²) < 4.78 is 1.27. The van der Waals surface area contributed by atoms with Crippen molar-refractivity contribution in [3.05, 3.63) is 16.9 Å². The van der Waals surface area contributed by atoms with Crippen LogP contribution in [0.25, 0.3) is 0 Å². The number of nitrogens with one attached hydrogen (secondary N) is 2. The van der Waals surface area contributed by atoms with Crippen molar-refractivity contribution in [3.63, 3.8) is 0 Å². The topological polar surface area (TPSA) is 209 Å². The van der Waals surface area contributed by atoms with Crippen LogP contribution in [-0.2, 0) is 25.7 Å². The van der Waals surface area contributed by atoms with Gasteiger partial charge < -0.3 is 36.4 Å². The second kappa shape index (κ2) is 10.5. The highest BCUT2D eigenvalue weighted by Gasteiger charge is 2.60. The van der Waals surface area contributed by atoms with E-state index in [1.165, 1.54) is 27.7 Å². The van der Waals surface area contributed by atoms with E-state index in [0.717, 1.165) is 0 Å². The van der Waals surface area contributed by atoms with Gasteiger partial charge in [-0.05, 0) is 30.2 Å². The van der Waals surface area contributed by atoms with Crippen molar-refractivity contribution in [3.8, 4) is 0 Å². The third-order valence-electron chi connectivity index (χ3n) is 8.11. The lowest BCUT2D eigenvalue weighted by Crippen LogP contribution is -2.66. The van der Waals surface area contributed by atoms with Crippen molar-refractivity contribution < 1.29 is 29.4 Å². The lowest BCUT2D eigenvalue weighted by Gasteiger charge is -2.47. The first-order valence-corrected chi connectivity index (χ1v) is 13.8. The van der Waals surface area contributed by atoms with E-state index in [9.17, 15) is 29.4 Å². The number of fused-ring (bicyclic) bond motifs is 1. The van der Waals surface area contributed by atoms with Crippen LogP contribution in [0.4, 0.5) is 0 Å². The van der Waals surface area contributed by atoms with Crippen molar-refractivity contribution in [1.82, 2.24) is 40.6 Å². The minimum absolute atomic E-state index is 0.0175. The van der Waals surface area contributed by atoms with Gasteiger partial charge in [-0.2, -0.15) is 0 Å². The number of carbonyl (C=O) groups excluding carboxylic acids is 3. The highest BCUT2D eigenvalue weighted by atomic mass is 32.2. The van der Waals surface area contributed by atoms with Crippen LogP contribution in [0.3, 0.4) is 0 Å². The first-order valence-electron chi connectivity index (χ1n) is 12.9. The molecule has 0 spiro atoms. The van der Waals surface area contributed by atoms with Gasteiger partial charge in [0.15, 0.2) is 0 Å². The molecule has 1 unspecified atom stereocenters. The Balaban J connectivity index is 1.22. The van der Waals surface area contributed by atoms with E-state index in [2.05, 4.69) is 26.2 Å². The first-order chi connectivity index (χ1) is 18.5. The molecule has 6 N–H and O–H groups in total. The lowest BCUT2D eigenvalue weighted by molar-refractivity contribution is -0.158. The Morgan fingerprint density at radius 1 is 1.38 bits per heavy atom. The van der Waals surface area contributed by atoms with Crippen LogP contribution in [0.1, 0.15) is 26.7 Å². The average molecular weight is 564 g/mol. The zero-order chi connectivity index (χ0) is 28.1. The number of likely N-dealkylation sites (tertiary alicyclic amines) is 1. The van der Waals surface area contributed by atoms with Gasteiger partial charge in [0, 0.05) is 41.7 Å². The number of amides is 3. The molecule has 5 rings (SSSR count). The highest BCUT2D eigenvalue weighted by Crippen LogP contribution is 2.51. The number of carbonyl (C=O) groups is 4. The summed E-state index contributed by atoms with van der Waals surface area (Å²) in [7, 11) is 0. The zero-order valence-electron chi connectivity index (χ0n) is 21.7. The van der Waals surface area contributed by atoms with Crippen LogP contribution in [0.2, 0.25) is 0 Å². The number of thioether (sulfide) groups is 1. The Hall–Kier alpha value is -3.08. The Labute approximate surface area is 228 Å². The third kappa shape index (κ3) is 5.01. The van der Waals surface area contributed by atoms with E-state index in [-0.39, 0.29) is 53.8 Å². The van der Waals surface area contributed by atoms with E-state index in [0.29, 0.717) is 37.4 Å². The number of hydrogen-bond acceptors (Lipinski definition) is 11. The summed E-state index contributed by atoms with van der Waals surface area (Å²) in [4.78, 5) is 54.5. The van der Waals surface area contributed by atoms with Crippen molar-refractivity contribution in [2.24, 2.45) is 17.6 Å². The number of β-lactam (4-membered cyclic amide) rings is 1. The van der Waals surface area contributed by atoms with Crippen LogP contribution < -0.4 is 16.4 Å². The minimum Gasteiger partial charge on any atom is -0.477 e. The van der Waals surface area contributed by atoms with Gasteiger partial charge in [0.2, 0.25) is 17.7 Å². The number of aliphatic carboxylic acids is 1. The molecule has 7 atom stereocenters. The number of aromatic nitrogens is 4. The number of carboxylic acids is 1. The fourth-order valence-corrected chi connectivity index (χ4v) is 7.56. The molecule has 1 aromatic heterocycles. The Bertz CT molecular complexity index is 1190. The molecule has 3 amide bonds. The Morgan fingerprint density at radius 3 is 2.79 bits per heavy atom. The van der Waals surface area contributed by atoms with E-state index in [1.807, 2.05) is 6.92 Å². The van der Waals surface area contributed by atoms with Gasteiger partial charge in [-0.25, -0.2) is 9.48 Å². The molecular formula is C23H33N9O6S. The zero-order valence-corrected chi connectivity index (χ0v) is 22.5. The van der Waals surface area contributed by atoms with E-state index in [4.69, 9.17) is 5.73 Å². The molecule has 0 bridgehead atoms. The number of rotatable bonds is 9. The van der Waals surface area contributed by atoms with E-state index in [1.54, 1.807) is 11.8 Å². The smallest absolute Gasteiger partial charge is 0.353 e. The van der Waals surface area contributed by atoms with Gasteiger partial charge in [0.25, 0.3) is 0 Å². The van der Waals surface area contributed by atoms with Crippen LogP contribution in [0, 0.1) is 11.8 Å². The van der Waals surface area contributed by atoms with Gasteiger partial charge >= 0.3 is 5.97 Å². The summed E-state index contributed by atoms with van der Waals surface area (Å²) in [5.74, 6) is -2.76. The molecule has 3 saturated heterocycles. The van der Waals surface area contributed by atoms with Crippen molar-refractivity contribution >= 4 is 35.5 Å². The molecule has 39 heavy (non-hydrogen) atoms. The molecule has 212 valence electrons. The van der Waals surface area contributed by atoms with Crippen molar-refractivity contribution in [1.29, 1.82) is 0 Å². The molecule has 4 aliphatic rings. The maximum absolute atomic E-state index is 13.1. The van der Waals surface area contributed by atoms with Gasteiger partial charge in [0.1, 0.15) is 18.6 Å². The van der Waals surface area contributed by atoms with Crippen LogP contribution >= 0.6 is 11.8 Å². The molecular weight excluding hydrogens is 530 g/mol. The summed E-state index contributed by atoms with van der Waals surface area (Å²) in [6.45, 7) is 4.65. The maximum Gasteiger partial charge on any atom is 0.353 e. The molecule has 0 aromatic carbocycles. The molecule has 16 heteroatoms. The van der Waals surface area contributed by atoms with Gasteiger partial charge in [-0.1, -0.05) is 6.92 Å². The number of nitrogens with two attached hydrogens (primary N) is 1. The molecule has 0 saturated carbocycles.